The molecule has 0 unspecified atom stereocenters. The van der Waals surface area contributed by atoms with Crippen molar-refractivity contribution in [3.05, 3.63) is 63.0 Å². The molecule has 0 aliphatic rings. The van der Waals surface area contributed by atoms with Crippen molar-refractivity contribution in [1.29, 1.82) is 0 Å². The van der Waals surface area contributed by atoms with Crippen molar-refractivity contribution in [2.24, 2.45) is 5.73 Å². The maximum atomic E-state index is 12.6. The maximum Gasteiger partial charge on any atom is 0.324 e. The van der Waals surface area contributed by atoms with E-state index in [0.29, 0.717) is 30.9 Å². The van der Waals surface area contributed by atoms with E-state index in [1.807, 2.05) is 30.3 Å². The number of hydrogen-bond donors (Lipinski definition) is 1. The van der Waals surface area contributed by atoms with Crippen molar-refractivity contribution in [2.75, 3.05) is 13.1 Å². The molecule has 1 heterocycles. The fourth-order valence-electron chi connectivity index (χ4n) is 2.03. The number of hydrogen-bond acceptors (Lipinski definition) is 5. The molecule has 0 radical (unpaired) electrons. The maximum absolute atomic E-state index is 12.6. The number of amides is 1. The molecule has 0 saturated heterocycles. The van der Waals surface area contributed by atoms with Gasteiger partial charge in [0.15, 0.2) is 0 Å². The van der Waals surface area contributed by atoms with Crippen LogP contribution in [0.25, 0.3) is 0 Å². The Hall–Kier alpha value is -1.96. The minimum absolute atomic E-state index is 0. The average Bonchev–Trinajstić information content (AvgIpc) is 3.02. The van der Waals surface area contributed by atoms with E-state index in [4.69, 9.17) is 5.73 Å². The van der Waals surface area contributed by atoms with Gasteiger partial charge in [-0.3, -0.25) is 14.9 Å². The lowest BCUT2D eigenvalue weighted by atomic mass is 10.2. The van der Waals surface area contributed by atoms with Crippen LogP contribution in [0.1, 0.15) is 21.7 Å². The Kier molecular flexibility index (Phi) is 7.67. The van der Waals surface area contributed by atoms with Gasteiger partial charge in [0.25, 0.3) is 5.91 Å². The van der Waals surface area contributed by atoms with Gasteiger partial charge in [0.1, 0.15) is 0 Å². The van der Waals surface area contributed by atoms with Crippen LogP contribution in [0.5, 0.6) is 0 Å². The minimum atomic E-state index is -0.483. The number of carbonyl (C=O) groups is 1. The molecule has 0 aliphatic heterocycles. The molecule has 0 bridgehead atoms. The SMILES string of the molecule is Cl.NCCCN(Cc1ccccc1)C(=O)c1ccc([N+](=O)[O-])s1. The Labute approximate surface area is 144 Å². The molecular formula is C15H18ClN3O3S. The molecular weight excluding hydrogens is 338 g/mol. The van der Waals surface area contributed by atoms with Gasteiger partial charge in [-0.05, 0) is 24.6 Å². The molecule has 0 spiro atoms. The molecule has 0 aliphatic carbocycles. The fourth-order valence-corrected chi connectivity index (χ4v) is 2.82. The highest BCUT2D eigenvalue weighted by molar-refractivity contribution is 7.17. The Bertz CT molecular complexity index is 648. The fraction of sp³-hybridized carbons (Fsp3) is 0.267. The highest BCUT2D eigenvalue weighted by Gasteiger charge is 2.20. The molecule has 1 aromatic heterocycles. The van der Waals surface area contributed by atoms with Crippen molar-refractivity contribution in [3.63, 3.8) is 0 Å². The summed E-state index contributed by atoms with van der Waals surface area (Å²) in [6.45, 7) is 1.48. The number of carbonyl (C=O) groups excluding carboxylic acids is 1. The van der Waals surface area contributed by atoms with Crippen LogP contribution in [0.2, 0.25) is 0 Å². The predicted octanol–water partition coefficient (Wildman–Crippen LogP) is 3.07. The van der Waals surface area contributed by atoms with Gasteiger partial charge in [0.05, 0.1) is 9.80 Å². The standard InChI is InChI=1S/C15H17N3O3S.ClH/c16-9-4-10-17(11-12-5-2-1-3-6-12)15(19)13-7-8-14(22-13)18(20)21;/h1-3,5-8H,4,9-11,16H2;1H. The van der Waals surface area contributed by atoms with Gasteiger partial charge in [-0.2, -0.15) is 0 Å². The van der Waals surface area contributed by atoms with Crippen LogP contribution in [-0.2, 0) is 6.54 Å². The summed E-state index contributed by atoms with van der Waals surface area (Å²) in [7, 11) is 0. The predicted molar refractivity (Wildman–Crippen MR) is 93.1 cm³/mol. The summed E-state index contributed by atoms with van der Waals surface area (Å²) < 4.78 is 0. The molecule has 2 aromatic rings. The summed E-state index contributed by atoms with van der Waals surface area (Å²) in [5.41, 5.74) is 6.54. The van der Waals surface area contributed by atoms with Gasteiger partial charge in [-0.25, -0.2) is 0 Å². The molecule has 2 N–H and O–H groups in total. The van der Waals surface area contributed by atoms with Gasteiger partial charge < -0.3 is 10.6 Å². The van der Waals surface area contributed by atoms with E-state index in [0.717, 1.165) is 16.9 Å². The number of thiophene rings is 1. The van der Waals surface area contributed by atoms with Crippen LogP contribution < -0.4 is 5.73 Å². The van der Waals surface area contributed by atoms with Gasteiger partial charge >= 0.3 is 5.00 Å². The van der Waals surface area contributed by atoms with Crippen LogP contribution in [0.3, 0.4) is 0 Å². The number of nitrogens with two attached hydrogens (primary N) is 1. The van der Waals surface area contributed by atoms with Crippen molar-refractivity contribution < 1.29 is 9.72 Å². The summed E-state index contributed by atoms with van der Waals surface area (Å²) in [6, 6.07) is 12.5. The van der Waals surface area contributed by atoms with Crippen LogP contribution in [-0.4, -0.2) is 28.8 Å². The highest BCUT2D eigenvalue weighted by Crippen LogP contribution is 2.25. The lowest BCUT2D eigenvalue weighted by Crippen LogP contribution is -2.32. The van der Waals surface area contributed by atoms with Gasteiger partial charge in [0.2, 0.25) is 0 Å². The Morgan fingerprint density at radius 1 is 1.22 bits per heavy atom. The quantitative estimate of drug-likeness (QED) is 0.610. The zero-order valence-electron chi connectivity index (χ0n) is 12.4. The Balaban J connectivity index is 0.00000264. The normalized spacial score (nSPS) is 9.96. The number of nitro groups is 1. The van der Waals surface area contributed by atoms with Crippen LogP contribution >= 0.6 is 23.7 Å². The molecule has 0 fully saturated rings. The molecule has 8 heteroatoms. The first kappa shape index (κ1) is 19.1. The van der Waals surface area contributed by atoms with Crippen molar-refractivity contribution >= 4 is 34.7 Å². The number of rotatable bonds is 7. The van der Waals surface area contributed by atoms with E-state index in [9.17, 15) is 14.9 Å². The Morgan fingerprint density at radius 2 is 1.91 bits per heavy atom. The molecule has 0 saturated carbocycles. The Morgan fingerprint density at radius 3 is 2.48 bits per heavy atom. The molecule has 0 atom stereocenters. The summed E-state index contributed by atoms with van der Waals surface area (Å²) in [5, 5.41) is 10.7. The molecule has 23 heavy (non-hydrogen) atoms. The first-order valence-corrected chi connectivity index (χ1v) is 7.71. The summed E-state index contributed by atoms with van der Waals surface area (Å²) in [4.78, 5) is 24.9. The second kappa shape index (κ2) is 9.24. The van der Waals surface area contributed by atoms with Gasteiger partial charge in [-0.1, -0.05) is 41.7 Å². The topological polar surface area (TPSA) is 89.5 Å². The minimum Gasteiger partial charge on any atom is -0.334 e. The van der Waals surface area contributed by atoms with E-state index in [2.05, 4.69) is 0 Å². The molecule has 1 aromatic carbocycles. The van der Waals surface area contributed by atoms with Gasteiger partial charge in [0, 0.05) is 19.2 Å². The zero-order chi connectivity index (χ0) is 15.9. The number of halogens is 1. The molecule has 124 valence electrons. The first-order valence-electron chi connectivity index (χ1n) is 6.89. The largest absolute Gasteiger partial charge is 0.334 e. The van der Waals surface area contributed by atoms with E-state index < -0.39 is 4.92 Å². The number of benzene rings is 1. The van der Waals surface area contributed by atoms with E-state index in [1.54, 1.807) is 4.90 Å². The van der Waals surface area contributed by atoms with Crippen LogP contribution in [0.4, 0.5) is 5.00 Å². The van der Waals surface area contributed by atoms with Crippen molar-refractivity contribution in [1.82, 2.24) is 4.90 Å². The average molecular weight is 356 g/mol. The summed E-state index contributed by atoms with van der Waals surface area (Å²) >= 11 is 0.900. The van der Waals surface area contributed by atoms with Gasteiger partial charge in [-0.15, -0.1) is 12.4 Å². The summed E-state index contributed by atoms with van der Waals surface area (Å²) in [6.07, 6.45) is 0.687. The molecule has 6 nitrogen and oxygen atoms in total. The third-order valence-electron chi connectivity index (χ3n) is 3.12. The summed E-state index contributed by atoms with van der Waals surface area (Å²) in [5.74, 6) is -0.199. The van der Waals surface area contributed by atoms with Crippen LogP contribution in [0.15, 0.2) is 42.5 Å². The lowest BCUT2D eigenvalue weighted by molar-refractivity contribution is -0.380. The second-order valence-corrected chi connectivity index (χ2v) is 5.81. The van der Waals surface area contributed by atoms with Crippen molar-refractivity contribution in [3.8, 4) is 0 Å². The second-order valence-electron chi connectivity index (χ2n) is 4.75. The van der Waals surface area contributed by atoms with Crippen molar-refractivity contribution in [2.45, 2.75) is 13.0 Å². The third-order valence-corrected chi connectivity index (χ3v) is 4.14. The smallest absolute Gasteiger partial charge is 0.324 e. The van der Waals surface area contributed by atoms with Crippen LogP contribution in [0, 0.1) is 10.1 Å². The van der Waals surface area contributed by atoms with E-state index in [1.165, 1.54) is 12.1 Å². The third kappa shape index (κ3) is 5.31. The first-order chi connectivity index (χ1) is 10.6. The highest BCUT2D eigenvalue weighted by atomic mass is 35.5. The monoisotopic (exact) mass is 355 g/mol. The zero-order valence-corrected chi connectivity index (χ0v) is 14.0. The van der Waals surface area contributed by atoms with E-state index in [-0.39, 0.29) is 23.3 Å². The van der Waals surface area contributed by atoms with E-state index >= 15 is 0 Å². The molecule has 1 amide bonds. The number of nitrogens with zero attached hydrogens (tertiary/aromatic N) is 2. The molecule has 2 rings (SSSR count). The lowest BCUT2D eigenvalue weighted by Gasteiger charge is -2.22.